The van der Waals surface area contributed by atoms with Crippen molar-refractivity contribution in [2.75, 3.05) is 14.2 Å². The van der Waals surface area contributed by atoms with Gasteiger partial charge in [0.05, 0.1) is 35.9 Å². The molecule has 2 N–H and O–H groups in total. The van der Waals surface area contributed by atoms with Gasteiger partial charge in [0.1, 0.15) is 17.9 Å². The quantitative estimate of drug-likeness (QED) is 0.375. The molecule has 184 valence electrons. The van der Waals surface area contributed by atoms with E-state index in [-0.39, 0.29) is 27.5 Å². The maximum atomic E-state index is 13.0. The van der Waals surface area contributed by atoms with Gasteiger partial charge in [0.15, 0.2) is 0 Å². The van der Waals surface area contributed by atoms with Crippen LogP contribution in [0.3, 0.4) is 0 Å². The Morgan fingerprint density at radius 1 is 0.917 bits per heavy atom. The van der Waals surface area contributed by atoms with Crippen molar-refractivity contribution in [1.29, 1.82) is 0 Å². The van der Waals surface area contributed by atoms with Crippen LogP contribution < -0.4 is 9.88 Å². The third-order valence-corrected chi connectivity index (χ3v) is 6.39. The topological polar surface area (TPSA) is 135 Å². The number of carbonyl (C=O) groups is 2. The zero-order valence-electron chi connectivity index (χ0n) is 19.4. The highest BCUT2D eigenvalue weighted by Crippen LogP contribution is 2.34. The summed E-state index contributed by atoms with van der Waals surface area (Å²) < 4.78 is 39.2. The van der Waals surface area contributed by atoms with Crippen LogP contribution in [0.1, 0.15) is 26.4 Å². The summed E-state index contributed by atoms with van der Waals surface area (Å²) in [5.74, 6) is -1.44. The number of hydrogen-bond donors (Lipinski definition) is 1. The van der Waals surface area contributed by atoms with E-state index in [9.17, 15) is 18.0 Å². The molecule has 3 aromatic carbocycles. The Balaban J connectivity index is 1.81. The predicted molar refractivity (Wildman–Crippen MR) is 132 cm³/mol. The van der Waals surface area contributed by atoms with Gasteiger partial charge in [0.25, 0.3) is 0 Å². The van der Waals surface area contributed by atoms with Gasteiger partial charge in [-0.1, -0.05) is 48.5 Å². The number of primary sulfonamides is 1. The van der Waals surface area contributed by atoms with Crippen LogP contribution in [0.15, 0.2) is 77.7 Å². The number of para-hydroxylation sites is 1. The number of nitrogens with two attached hydrogens (primary N) is 1. The average molecular weight is 507 g/mol. The molecule has 0 saturated heterocycles. The number of hydrogen-bond acceptors (Lipinski definition) is 8. The van der Waals surface area contributed by atoms with Crippen molar-refractivity contribution in [2.45, 2.75) is 11.5 Å². The maximum Gasteiger partial charge on any atom is 0.342 e. The van der Waals surface area contributed by atoms with E-state index in [0.717, 1.165) is 17.0 Å². The van der Waals surface area contributed by atoms with Crippen molar-refractivity contribution in [3.63, 3.8) is 0 Å². The number of ether oxygens (including phenoxy) is 3. The van der Waals surface area contributed by atoms with Crippen molar-refractivity contribution in [1.82, 2.24) is 4.98 Å². The van der Waals surface area contributed by atoms with Gasteiger partial charge in [-0.05, 0) is 29.8 Å². The van der Waals surface area contributed by atoms with E-state index >= 15 is 0 Å². The van der Waals surface area contributed by atoms with E-state index in [1.807, 2.05) is 42.5 Å². The Morgan fingerprint density at radius 3 is 2.28 bits per heavy atom. The second kappa shape index (κ2) is 10.1. The van der Waals surface area contributed by atoms with Crippen LogP contribution in [0, 0.1) is 0 Å². The zero-order chi connectivity index (χ0) is 25.9. The van der Waals surface area contributed by atoms with Crippen molar-refractivity contribution in [3.05, 3.63) is 89.6 Å². The van der Waals surface area contributed by atoms with Crippen LogP contribution in [0.25, 0.3) is 22.0 Å². The first-order valence-electron chi connectivity index (χ1n) is 10.7. The highest BCUT2D eigenvalue weighted by molar-refractivity contribution is 7.89. The van der Waals surface area contributed by atoms with Gasteiger partial charge in [0, 0.05) is 10.9 Å². The summed E-state index contributed by atoms with van der Waals surface area (Å²) in [6.45, 7) is -0.392. The second-order valence-electron chi connectivity index (χ2n) is 7.67. The molecule has 1 aromatic heterocycles. The molecule has 0 atom stereocenters. The summed E-state index contributed by atoms with van der Waals surface area (Å²) in [4.78, 5) is 30.2. The van der Waals surface area contributed by atoms with Gasteiger partial charge in [-0.2, -0.15) is 0 Å². The summed E-state index contributed by atoms with van der Waals surface area (Å²) in [6.07, 6.45) is 0. The van der Waals surface area contributed by atoms with Crippen molar-refractivity contribution in [3.8, 4) is 16.9 Å². The lowest BCUT2D eigenvalue weighted by molar-refractivity contribution is 0.0452. The number of pyridine rings is 1. The smallest absolute Gasteiger partial charge is 0.342 e. The lowest BCUT2D eigenvalue weighted by Gasteiger charge is -2.16. The fourth-order valence-corrected chi connectivity index (χ4v) is 4.37. The van der Waals surface area contributed by atoms with Crippen LogP contribution in [-0.2, 0) is 26.1 Å². The molecule has 1 heterocycles. The molecular formula is C26H22N2O7S. The van der Waals surface area contributed by atoms with Gasteiger partial charge in [-0.25, -0.2) is 28.1 Å². The molecular weight excluding hydrogens is 484 g/mol. The molecule has 4 aromatic rings. The number of sulfonamides is 1. The molecule has 0 unspecified atom stereocenters. The standard InChI is InChI=1S/C26H22N2O7S/c1-33-22-13-12-17(36(27,31)32)14-19(22)25(29)35-15-21-24(26(30)34-2)23(16-8-4-3-5-9-16)18-10-6-7-11-20(18)28-21/h3-14H,15H2,1-2H3,(H2,27,31,32). The molecule has 0 aliphatic carbocycles. The van der Waals surface area contributed by atoms with Crippen LogP contribution >= 0.6 is 0 Å². The molecule has 0 spiro atoms. The normalized spacial score (nSPS) is 11.2. The van der Waals surface area contributed by atoms with E-state index in [0.29, 0.717) is 11.1 Å². The minimum absolute atomic E-state index is 0.0945. The first-order valence-corrected chi connectivity index (χ1v) is 12.2. The average Bonchev–Trinajstić information content (AvgIpc) is 2.89. The predicted octanol–water partition coefficient (Wildman–Crippen LogP) is 3.70. The van der Waals surface area contributed by atoms with Gasteiger partial charge in [-0.3, -0.25) is 0 Å². The molecule has 36 heavy (non-hydrogen) atoms. The van der Waals surface area contributed by atoms with Gasteiger partial charge >= 0.3 is 11.9 Å². The summed E-state index contributed by atoms with van der Waals surface area (Å²) in [5, 5.41) is 5.92. The fraction of sp³-hybridized carbons (Fsp3) is 0.115. The van der Waals surface area contributed by atoms with Crippen LogP contribution in [0.4, 0.5) is 0 Å². The first kappa shape index (κ1) is 24.8. The van der Waals surface area contributed by atoms with Crippen molar-refractivity contribution >= 4 is 32.9 Å². The minimum atomic E-state index is -4.07. The Bertz CT molecular complexity index is 1570. The number of benzene rings is 3. The zero-order valence-corrected chi connectivity index (χ0v) is 20.2. The van der Waals surface area contributed by atoms with Gasteiger partial charge < -0.3 is 14.2 Å². The van der Waals surface area contributed by atoms with Crippen LogP contribution in [0.2, 0.25) is 0 Å². The van der Waals surface area contributed by atoms with Crippen LogP contribution in [0.5, 0.6) is 5.75 Å². The van der Waals surface area contributed by atoms with Gasteiger partial charge in [0.2, 0.25) is 10.0 Å². The van der Waals surface area contributed by atoms with Crippen molar-refractivity contribution in [2.24, 2.45) is 5.14 Å². The molecule has 4 rings (SSSR count). The van der Waals surface area contributed by atoms with E-state index in [1.165, 1.54) is 26.4 Å². The van der Waals surface area contributed by atoms with Gasteiger partial charge in [-0.15, -0.1) is 0 Å². The fourth-order valence-electron chi connectivity index (χ4n) is 3.83. The molecule has 0 aliphatic heterocycles. The Labute approximate surface area is 207 Å². The SMILES string of the molecule is COC(=O)c1c(COC(=O)c2cc(S(N)(=O)=O)ccc2OC)nc2ccccc2c1-c1ccccc1. The molecule has 0 radical (unpaired) electrons. The number of aromatic nitrogens is 1. The lowest BCUT2D eigenvalue weighted by Crippen LogP contribution is -2.16. The van der Waals surface area contributed by atoms with E-state index in [1.54, 1.807) is 12.1 Å². The number of rotatable bonds is 7. The van der Waals surface area contributed by atoms with Crippen molar-refractivity contribution < 1.29 is 32.2 Å². The Kier molecular flexibility index (Phi) is 7.00. The van der Waals surface area contributed by atoms with E-state index < -0.39 is 28.6 Å². The monoisotopic (exact) mass is 506 g/mol. The largest absolute Gasteiger partial charge is 0.496 e. The number of nitrogens with zero attached hydrogens (tertiary/aromatic N) is 1. The minimum Gasteiger partial charge on any atom is -0.496 e. The molecule has 0 aliphatic rings. The Morgan fingerprint density at radius 2 is 1.61 bits per heavy atom. The number of fused-ring (bicyclic) bond motifs is 1. The molecule has 10 heteroatoms. The summed E-state index contributed by atoms with van der Waals surface area (Å²) in [7, 11) is -1.49. The third kappa shape index (κ3) is 4.90. The highest BCUT2D eigenvalue weighted by atomic mass is 32.2. The molecule has 0 amide bonds. The summed E-state index contributed by atoms with van der Waals surface area (Å²) >= 11 is 0. The molecule has 0 saturated carbocycles. The lowest BCUT2D eigenvalue weighted by atomic mass is 9.94. The van der Waals surface area contributed by atoms with E-state index in [2.05, 4.69) is 4.98 Å². The number of methoxy groups -OCH3 is 2. The number of carbonyl (C=O) groups excluding carboxylic acids is 2. The van der Waals surface area contributed by atoms with Crippen LogP contribution in [-0.4, -0.2) is 39.6 Å². The molecule has 0 bridgehead atoms. The van der Waals surface area contributed by atoms with E-state index in [4.69, 9.17) is 19.3 Å². The molecule has 9 nitrogen and oxygen atoms in total. The second-order valence-corrected chi connectivity index (χ2v) is 9.23. The Hall–Kier alpha value is -4.28. The summed E-state index contributed by atoms with van der Waals surface area (Å²) in [5.41, 5.74) is 2.12. The maximum absolute atomic E-state index is 13.0. The molecule has 0 fully saturated rings. The highest BCUT2D eigenvalue weighted by Gasteiger charge is 2.25. The number of esters is 2. The third-order valence-electron chi connectivity index (χ3n) is 5.48. The summed E-state index contributed by atoms with van der Waals surface area (Å²) in [6, 6.07) is 20.1. The first-order chi connectivity index (χ1) is 17.2.